The van der Waals surface area contributed by atoms with Gasteiger partial charge in [-0.05, 0) is 44.0 Å². The Bertz CT molecular complexity index is 669. The van der Waals surface area contributed by atoms with Gasteiger partial charge in [-0.3, -0.25) is 0 Å². The predicted molar refractivity (Wildman–Crippen MR) is 115 cm³/mol. The summed E-state index contributed by atoms with van der Waals surface area (Å²) in [5.74, 6) is 1.74. The summed E-state index contributed by atoms with van der Waals surface area (Å²) in [6.45, 7) is 8.35. The lowest BCUT2D eigenvalue weighted by molar-refractivity contribution is 0.222. The van der Waals surface area contributed by atoms with Gasteiger partial charge in [-0.15, -0.1) is 24.0 Å². The van der Waals surface area contributed by atoms with Gasteiger partial charge in [0.2, 0.25) is 0 Å². The zero-order valence-electron chi connectivity index (χ0n) is 15.5. The molecule has 1 heterocycles. The van der Waals surface area contributed by atoms with E-state index in [0.29, 0.717) is 13.1 Å². The van der Waals surface area contributed by atoms with Crippen LogP contribution in [-0.4, -0.2) is 29.7 Å². The lowest BCUT2D eigenvalue weighted by Crippen LogP contribution is -2.41. The quantitative estimate of drug-likeness (QED) is 0.381. The molecule has 2 N–H and O–H groups in total. The van der Waals surface area contributed by atoms with Crippen LogP contribution in [0.15, 0.2) is 47.7 Å². The SMILES string of the molecule is CCNC(=NCc1ccn(C)c1)NCC(C)Oc1ccccc1C.I. The van der Waals surface area contributed by atoms with Crippen molar-refractivity contribution in [2.75, 3.05) is 13.1 Å². The molecule has 1 aromatic heterocycles. The van der Waals surface area contributed by atoms with Crippen LogP contribution in [0.25, 0.3) is 0 Å². The van der Waals surface area contributed by atoms with Gasteiger partial charge in [0, 0.05) is 26.0 Å². The number of para-hydroxylation sites is 1. The third kappa shape index (κ3) is 7.37. The van der Waals surface area contributed by atoms with Crippen LogP contribution in [0.3, 0.4) is 0 Å². The van der Waals surface area contributed by atoms with E-state index < -0.39 is 0 Å². The number of rotatable bonds is 7. The third-order valence-electron chi connectivity index (χ3n) is 3.64. The fraction of sp³-hybridized carbons (Fsp3) is 0.421. The summed E-state index contributed by atoms with van der Waals surface area (Å²) < 4.78 is 8.02. The van der Waals surface area contributed by atoms with Crippen molar-refractivity contribution in [2.45, 2.75) is 33.4 Å². The summed E-state index contributed by atoms with van der Waals surface area (Å²) in [6.07, 6.45) is 4.16. The summed E-state index contributed by atoms with van der Waals surface area (Å²) in [5.41, 5.74) is 2.34. The Balaban J connectivity index is 0.00000312. The molecule has 1 aromatic carbocycles. The first-order valence-electron chi connectivity index (χ1n) is 8.43. The smallest absolute Gasteiger partial charge is 0.191 e. The van der Waals surface area contributed by atoms with Gasteiger partial charge in [0.15, 0.2) is 5.96 Å². The molecule has 25 heavy (non-hydrogen) atoms. The highest BCUT2D eigenvalue weighted by molar-refractivity contribution is 14.0. The molecule has 0 amide bonds. The van der Waals surface area contributed by atoms with Crippen molar-refractivity contribution in [1.82, 2.24) is 15.2 Å². The Kier molecular flexibility index (Phi) is 9.41. The maximum absolute atomic E-state index is 5.99. The maximum atomic E-state index is 5.99. The van der Waals surface area contributed by atoms with E-state index in [2.05, 4.69) is 54.7 Å². The van der Waals surface area contributed by atoms with Gasteiger partial charge in [-0.1, -0.05) is 18.2 Å². The summed E-state index contributed by atoms with van der Waals surface area (Å²) in [5, 5.41) is 6.61. The minimum absolute atomic E-state index is 0. The van der Waals surface area contributed by atoms with Crippen molar-refractivity contribution in [3.05, 3.63) is 53.9 Å². The molecule has 0 saturated heterocycles. The Labute approximate surface area is 167 Å². The van der Waals surface area contributed by atoms with Crippen LogP contribution in [0.5, 0.6) is 5.75 Å². The molecule has 1 unspecified atom stereocenters. The number of aryl methyl sites for hydroxylation is 2. The molecule has 0 aliphatic rings. The first-order valence-corrected chi connectivity index (χ1v) is 8.43. The van der Waals surface area contributed by atoms with E-state index in [1.54, 1.807) is 0 Å². The minimum atomic E-state index is 0. The van der Waals surface area contributed by atoms with Crippen LogP contribution in [0, 0.1) is 6.92 Å². The first kappa shape index (κ1) is 21.3. The highest BCUT2D eigenvalue weighted by Gasteiger charge is 2.07. The van der Waals surface area contributed by atoms with Gasteiger partial charge in [0.05, 0.1) is 13.1 Å². The average molecular weight is 456 g/mol. The second-order valence-electron chi connectivity index (χ2n) is 5.96. The van der Waals surface area contributed by atoms with Crippen molar-refractivity contribution in [2.24, 2.45) is 12.0 Å². The van der Waals surface area contributed by atoms with Gasteiger partial charge in [0.1, 0.15) is 11.9 Å². The van der Waals surface area contributed by atoms with Crippen molar-refractivity contribution >= 4 is 29.9 Å². The van der Waals surface area contributed by atoms with E-state index in [9.17, 15) is 0 Å². The number of halogens is 1. The second-order valence-corrected chi connectivity index (χ2v) is 5.96. The van der Waals surface area contributed by atoms with Gasteiger partial charge in [-0.25, -0.2) is 4.99 Å². The molecule has 0 aliphatic carbocycles. The summed E-state index contributed by atoms with van der Waals surface area (Å²) in [4.78, 5) is 4.62. The van der Waals surface area contributed by atoms with E-state index in [-0.39, 0.29) is 30.1 Å². The number of nitrogens with zero attached hydrogens (tertiary/aromatic N) is 2. The molecular formula is C19H29IN4O. The number of nitrogens with one attached hydrogen (secondary N) is 2. The van der Waals surface area contributed by atoms with E-state index in [1.807, 2.05) is 36.0 Å². The van der Waals surface area contributed by atoms with Crippen molar-refractivity contribution in [3.63, 3.8) is 0 Å². The Hall–Kier alpha value is -1.70. The van der Waals surface area contributed by atoms with Gasteiger partial charge in [-0.2, -0.15) is 0 Å². The van der Waals surface area contributed by atoms with Crippen molar-refractivity contribution in [1.29, 1.82) is 0 Å². The standard InChI is InChI=1S/C19H28N4O.HI/c1-5-20-19(22-13-17-10-11-23(4)14-17)21-12-16(3)24-18-9-7-6-8-15(18)2;/h6-11,14,16H,5,12-13H2,1-4H3,(H2,20,21,22);1H. The Morgan fingerprint density at radius 2 is 2.00 bits per heavy atom. The molecule has 1 atom stereocenters. The number of aliphatic imine (C=N–C) groups is 1. The number of hydrogen-bond donors (Lipinski definition) is 2. The van der Waals surface area contributed by atoms with Gasteiger partial charge in [0.25, 0.3) is 0 Å². The van der Waals surface area contributed by atoms with Gasteiger partial charge >= 0.3 is 0 Å². The molecule has 138 valence electrons. The van der Waals surface area contributed by atoms with Crippen LogP contribution in [0.1, 0.15) is 25.0 Å². The molecule has 2 aromatic rings. The molecule has 0 bridgehead atoms. The normalized spacial score (nSPS) is 12.2. The first-order chi connectivity index (χ1) is 11.6. The third-order valence-corrected chi connectivity index (χ3v) is 3.64. The molecule has 2 rings (SSSR count). The number of guanidine groups is 1. The Morgan fingerprint density at radius 1 is 1.24 bits per heavy atom. The van der Waals surface area contributed by atoms with Crippen molar-refractivity contribution < 1.29 is 4.74 Å². The number of hydrogen-bond acceptors (Lipinski definition) is 2. The fourth-order valence-electron chi connectivity index (χ4n) is 2.35. The van der Waals surface area contributed by atoms with E-state index in [4.69, 9.17) is 4.74 Å². The summed E-state index contributed by atoms with van der Waals surface area (Å²) >= 11 is 0. The van der Waals surface area contributed by atoms with Crippen LogP contribution in [-0.2, 0) is 13.6 Å². The van der Waals surface area contributed by atoms with Crippen LogP contribution in [0.4, 0.5) is 0 Å². The lowest BCUT2D eigenvalue weighted by atomic mass is 10.2. The highest BCUT2D eigenvalue weighted by Crippen LogP contribution is 2.17. The van der Waals surface area contributed by atoms with Crippen molar-refractivity contribution in [3.8, 4) is 5.75 Å². The molecule has 0 radical (unpaired) electrons. The van der Waals surface area contributed by atoms with E-state index in [1.165, 1.54) is 5.56 Å². The Morgan fingerprint density at radius 3 is 2.64 bits per heavy atom. The zero-order chi connectivity index (χ0) is 17.4. The summed E-state index contributed by atoms with van der Waals surface area (Å²) in [6, 6.07) is 10.1. The van der Waals surface area contributed by atoms with E-state index in [0.717, 1.165) is 23.8 Å². The van der Waals surface area contributed by atoms with Crippen LogP contribution in [0.2, 0.25) is 0 Å². The summed E-state index contributed by atoms with van der Waals surface area (Å²) in [7, 11) is 2.02. The molecule has 0 saturated carbocycles. The largest absolute Gasteiger partial charge is 0.489 e. The van der Waals surface area contributed by atoms with Gasteiger partial charge < -0.3 is 19.9 Å². The topological polar surface area (TPSA) is 50.6 Å². The lowest BCUT2D eigenvalue weighted by Gasteiger charge is -2.18. The fourth-order valence-corrected chi connectivity index (χ4v) is 2.35. The number of aromatic nitrogens is 1. The number of ether oxygens (including phenoxy) is 1. The molecule has 5 nitrogen and oxygen atoms in total. The predicted octanol–water partition coefficient (Wildman–Crippen LogP) is 3.47. The molecule has 6 heteroatoms. The maximum Gasteiger partial charge on any atom is 0.191 e. The highest BCUT2D eigenvalue weighted by atomic mass is 127. The molecule has 0 aliphatic heterocycles. The van der Waals surface area contributed by atoms with E-state index >= 15 is 0 Å². The molecular weight excluding hydrogens is 427 g/mol. The average Bonchev–Trinajstić information content (AvgIpc) is 2.98. The molecule has 0 fully saturated rings. The second kappa shape index (κ2) is 11.0. The monoisotopic (exact) mass is 456 g/mol. The minimum Gasteiger partial charge on any atom is -0.489 e. The van der Waals surface area contributed by atoms with Crippen LogP contribution < -0.4 is 15.4 Å². The molecule has 0 spiro atoms. The zero-order valence-corrected chi connectivity index (χ0v) is 17.8. The van der Waals surface area contributed by atoms with Crippen LogP contribution >= 0.6 is 24.0 Å². The number of benzene rings is 1.